The van der Waals surface area contributed by atoms with Gasteiger partial charge in [0.1, 0.15) is 17.6 Å². The van der Waals surface area contributed by atoms with E-state index in [0.717, 1.165) is 28.6 Å². The molecule has 0 radical (unpaired) electrons. The van der Waals surface area contributed by atoms with Crippen LogP contribution in [0, 0.1) is 6.92 Å². The van der Waals surface area contributed by atoms with E-state index in [1.165, 1.54) is 6.07 Å². The van der Waals surface area contributed by atoms with Gasteiger partial charge in [-0.1, -0.05) is 24.3 Å². The first kappa shape index (κ1) is 25.0. The molecule has 0 saturated heterocycles. The van der Waals surface area contributed by atoms with Crippen molar-refractivity contribution in [2.45, 2.75) is 44.4 Å². The van der Waals surface area contributed by atoms with Gasteiger partial charge in [-0.3, -0.25) is 4.79 Å². The summed E-state index contributed by atoms with van der Waals surface area (Å²) in [6, 6.07) is 16.8. The van der Waals surface area contributed by atoms with Crippen molar-refractivity contribution < 1.29 is 32.5 Å². The zero-order valence-electron chi connectivity index (χ0n) is 21.0. The smallest absolute Gasteiger partial charge is 0.417 e. The number of aliphatic carboxylic acids is 1. The SMILES string of the molecule is Cc1ccn(-c2ccc(-c3c(C(F)(F)F)ccc4c3CC[C@H]4Oc3ccc4c(c3)OCC4CC(=O)O)cc2)n1. The lowest BCUT2D eigenvalue weighted by Crippen LogP contribution is -2.10. The maximum Gasteiger partial charge on any atom is 0.417 e. The van der Waals surface area contributed by atoms with Gasteiger partial charge in [-0.15, -0.1) is 0 Å². The van der Waals surface area contributed by atoms with E-state index in [1.54, 1.807) is 41.1 Å². The van der Waals surface area contributed by atoms with E-state index in [9.17, 15) is 18.0 Å². The Morgan fingerprint density at radius 3 is 2.56 bits per heavy atom. The molecular formula is C30H25F3N2O4. The number of halogens is 3. The number of carboxylic acid groups (broad SMARTS) is 1. The predicted molar refractivity (Wildman–Crippen MR) is 137 cm³/mol. The number of hydrogen-bond acceptors (Lipinski definition) is 4. The molecule has 2 heterocycles. The quantitative estimate of drug-likeness (QED) is 0.292. The minimum Gasteiger partial charge on any atom is -0.492 e. The number of hydrogen-bond donors (Lipinski definition) is 1. The number of rotatable bonds is 6. The Kier molecular flexibility index (Phi) is 6.09. The second-order valence-electron chi connectivity index (χ2n) is 9.95. The van der Waals surface area contributed by atoms with Crippen molar-refractivity contribution in [2.24, 2.45) is 0 Å². The molecule has 9 heteroatoms. The van der Waals surface area contributed by atoms with Crippen molar-refractivity contribution in [3.63, 3.8) is 0 Å². The van der Waals surface area contributed by atoms with Crippen LogP contribution in [0.15, 0.2) is 66.9 Å². The van der Waals surface area contributed by atoms with Crippen LogP contribution in [0.3, 0.4) is 0 Å². The maximum atomic E-state index is 14.1. The Bertz CT molecular complexity index is 1560. The van der Waals surface area contributed by atoms with Gasteiger partial charge in [0.2, 0.25) is 0 Å². The molecule has 6 rings (SSSR count). The van der Waals surface area contributed by atoms with Gasteiger partial charge < -0.3 is 14.6 Å². The van der Waals surface area contributed by atoms with Crippen LogP contribution in [0.25, 0.3) is 16.8 Å². The summed E-state index contributed by atoms with van der Waals surface area (Å²) in [6.07, 6.45) is -2.15. The summed E-state index contributed by atoms with van der Waals surface area (Å²) in [5.41, 5.74) is 3.80. The van der Waals surface area contributed by atoms with Crippen molar-refractivity contribution in [1.29, 1.82) is 0 Å². The molecule has 1 unspecified atom stereocenters. The summed E-state index contributed by atoms with van der Waals surface area (Å²) in [6.45, 7) is 2.16. The molecule has 2 atom stereocenters. The highest BCUT2D eigenvalue weighted by molar-refractivity contribution is 5.75. The van der Waals surface area contributed by atoms with E-state index in [0.29, 0.717) is 42.1 Å². The van der Waals surface area contributed by atoms with Gasteiger partial charge in [-0.05, 0) is 72.4 Å². The fourth-order valence-electron chi connectivity index (χ4n) is 5.57. The first-order valence-corrected chi connectivity index (χ1v) is 12.7. The first-order chi connectivity index (χ1) is 18.7. The van der Waals surface area contributed by atoms with Gasteiger partial charge >= 0.3 is 12.1 Å². The Labute approximate surface area is 222 Å². The third-order valence-electron chi connectivity index (χ3n) is 7.37. The van der Waals surface area contributed by atoms with Crippen LogP contribution in [-0.2, 0) is 17.4 Å². The molecule has 39 heavy (non-hydrogen) atoms. The summed E-state index contributed by atoms with van der Waals surface area (Å²) < 4.78 is 56.0. The molecule has 1 aliphatic carbocycles. The topological polar surface area (TPSA) is 73.6 Å². The van der Waals surface area contributed by atoms with Crippen molar-refractivity contribution in [3.8, 4) is 28.3 Å². The average Bonchev–Trinajstić information content (AvgIpc) is 3.62. The minimum absolute atomic E-state index is 0.0178. The number of ether oxygens (including phenoxy) is 2. The number of aryl methyl sites for hydroxylation is 1. The molecule has 1 aromatic heterocycles. The monoisotopic (exact) mass is 534 g/mol. The number of nitrogens with zero attached hydrogens (tertiary/aromatic N) is 2. The highest BCUT2D eigenvalue weighted by atomic mass is 19.4. The van der Waals surface area contributed by atoms with Crippen LogP contribution in [-0.4, -0.2) is 27.5 Å². The molecule has 6 nitrogen and oxygen atoms in total. The molecule has 1 aliphatic heterocycles. The summed E-state index contributed by atoms with van der Waals surface area (Å²) in [7, 11) is 0. The zero-order valence-corrected chi connectivity index (χ0v) is 21.0. The van der Waals surface area contributed by atoms with Gasteiger partial charge in [0, 0.05) is 23.7 Å². The summed E-state index contributed by atoms with van der Waals surface area (Å²) >= 11 is 0. The van der Waals surface area contributed by atoms with Gasteiger partial charge in [0.15, 0.2) is 0 Å². The van der Waals surface area contributed by atoms with Gasteiger partial charge in [0.25, 0.3) is 0 Å². The average molecular weight is 535 g/mol. The highest BCUT2D eigenvalue weighted by Gasteiger charge is 2.38. The van der Waals surface area contributed by atoms with Gasteiger partial charge in [0.05, 0.1) is 30.0 Å². The fraction of sp³-hybridized carbons (Fsp3) is 0.267. The molecule has 1 N–H and O–H groups in total. The molecule has 3 aromatic carbocycles. The lowest BCUT2D eigenvalue weighted by atomic mass is 9.91. The predicted octanol–water partition coefficient (Wildman–Crippen LogP) is 6.88. The van der Waals surface area contributed by atoms with E-state index in [2.05, 4.69) is 5.10 Å². The van der Waals surface area contributed by atoms with E-state index in [-0.39, 0.29) is 17.9 Å². The molecular weight excluding hydrogens is 509 g/mol. The fourth-order valence-corrected chi connectivity index (χ4v) is 5.57. The Morgan fingerprint density at radius 1 is 1.10 bits per heavy atom. The van der Waals surface area contributed by atoms with E-state index in [4.69, 9.17) is 14.6 Å². The normalized spacial score (nSPS) is 17.9. The zero-order chi connectivity index (χ0) is 27.3. The second-order valence-corrected chi connectivity index (χ2v) is 9.95. The van der Waals surface area contributed by atoms with Crippen molar-refractivity contribution in [1.82, 2.24) is 9.78 Å². The lowest BCUT2D eigenvalue weighted by molar-refractivity contribution is -0.138. The molecule has 2 aliphatic rings. The Morgan fingerprint density at radius 2 is 1.87 bits per heavy atom. The van der Waals surface area contributed by atoms with Crippen molar-refractivity contribution in [3.05, 3.63) is 94.8 Å². The van der Waals surface area contributed by atoms with Crippen molar-refractivity contribution >= 4 is 5.97 Å². The van der Waals surface area contributed by atoms with Crippen LogP contribution >= 0.6 is 0 Å². The molecule has 0 amide bonds. The minimum atomic E-state index is -4.51. The number of carbonyl (C=O) groups is 1. The third-order valence-corrected chi connectivity index (χ3v) is 7.37. The number of fused-ring (bicyclic) bond motifs is 2. The maximum absolute atomic E-state index is 14.1. The number of benzene rings is 3. The van der Waals surface area contributed by atoms with E-state index >= 15 is 0 Å². The van der Waals surface area contributed by atoms with Crippen LogP contribution < -0.4 is 9.47 Å². The van der Waals surface area contributed by atoms with Gasteiger partial charge in [-0.2, -0.15) is 18.3 Å². The molecule has 0 fully saturated rings. The second kappa shape index (κ2) is 9.48. The van der Waals surface area contributed by atoms with E-state index < -0.39 is 23.8 Å². The van der Waals surface area contributed by atoms with Gasteiger partial charge in [-0.25, -0.2) is 4.68 Å². The standard InChI is InChI=1S/C30H25F3N2O4/c1-17-12-13-35(34-17)20-4-2-18(3-5-20)29-24-9-11-26(23(24)8-10-25(29)30(31,32)33)39-21-6-7-22-19(14-28(36)37)16-38-27(22)15-21/h2-8,10,12-13,15,19,26H,9,11,14,16H2,1H3,(H,36,37)/t19?,26-/m1/s1. The largest absolute Gasteiger partial charge is 0.492 e. The highest BCUT2D eigenvalue weighted by Crippen LogP contribution is 2.47. The number of carboxylic acids is 1. The molecule has 0 spiro atoms. The van der Waals surface area contributed by atoms with Crippen LogP contribution in [0.4, 0.5) is 13.2 Å². The lowest BCUT2D eigenvalue weighted by Gasteiger charge is -2.20. The number of aromatic nitrogens is 2. The summed E-state index contributed by atoms with van der Waals surface area (Å²) in [5.74, 6) is 0.00531. The van der Waals surface area contributed by atoms with Crippen molar-refractivity contribution in [2.75, 3.05) is 6.61 Å². The number of alkyl halides is 3. The molecule has 0 bridgehead atoms. The third kappa shape index (κ3) is 4.73. The Hall–Kier alpha value is -4.27. The van der Waals surface area contributed by atoms with Crippen LogP contribution in [0.1, 0.15) is 52.8 Å². The summed E-state index contributed by atoms with van der Waals surface area (Å²) in [4.78, 5) is 11.1. The van der Waals surface area contributed by atoms with E-state index in [1.807, 2.05) is 25.3 Å². The van der Waals surface area contributed by atoms with Crippen LogP contribution in [0.2, 0.25) is 0 Å². The van der Waals surface area contributed by atoms with Crippen LogP contribution in [0.5, 0.6) is 11.5 Å². The first-order valence-electron chi connectivity index (χ1n) is 12.7. The molecule has 0 saturated carbocycles. The molecule has 200 valence electrons. The molecule has 4 aromatic rings. The Balaban J connectivity index is 1.32. The summed E-state index contributed by atoms with van der Waals surface area (Å²) in [5, 5.41) is 13.5.